The van der Waals surface area contributed by atoms with E-state index in [9.17, 15) is 0 Å². The average Bonchev–Trinajstić information content (AvgIpc) is 2.96. The predicted octanol–water partition coefficient (Wildman–Crippen LogP) is 8.61. The summed E-state index contributed by atoms with van der Waals surface area (Å²) in [6.45, 7) is 2.51. The lowest BCUT2D eigenvalue weighted by Crippen LogP contribution is -2.23. The van der Waals surface area contributed by atoms with E-state index in [0.717, 1.165) is 75.4 Å². The number of ether oxygens (including phenoxy) is 2. The maximum Gasteiger partial charge on any atom is 0.0575 e. The zero-order chi connectivity index (χ0) is 26.7. The van der Waals surface area contributed by atoms with Crippen LogP contribution in [0.15, 0.2) is 0 Å². The number of hydrogen-bond acceptors (Lipinski definition) is 4. The molecule has 0 bridgehead atoms. The Hall–Kier alpha value is -0.160. The van der Waals surface area contributed by atoms with Crippen molar-refractivity contribution in [1.29, 1.82) is 0 Å². The number of unbranched alkanes of at least 4 members (excludes halogenated alkanes) is 6. The minimum atomic E-state index is 0.332. The molecule has 0 aromatic carbocycles. The molecule has 0 heterocycles. The summed E-state index contributed by atoms with van der Waals surface area (Å²) in [7, 11) is 0. The molecule has 0 saturated heterocycles. The first-order valence-corrected chi connectivity index (χ1v) is 17.2. The van der Waals surface area contributed by atoms with E-state index in [-0.39, 0.29) is 0 Å². The molecule has 3 saturated carbocycles. The van der Waals surface area contributed by atoms with Crippen LogP contribution in [0.4, 0.5) is 0 Å². The quantitative estimate of drug-likeness (QED) is 0.153. The highest BCUT2D eigenvalue weighted by atomic mass is 16.5. The molecule has 0 radical (unpaired) electrons. The number of hydrogen-bond donors (Lipinski definition) is 2. The van der Waals surface area contributed by atoms with E-state index in [0.29, 0.717) is 25.4 Å². The van der Waals surface area contributed by atoms with Crippen LogP contribution in [0.25, 0.3) is 0 Å². The molecule has 3 aliphatic rings. The van der Waals surface area contributed by atoms with Gasteiger partial charge in [-0.05, 0) is 101 Å². The lowest BCUT2D eigenvalue weighted by Gasteiger charge is -2.33. The second-order valence-electron chi connectivity index (χ2n) is 13.3. The zero-order valence-electron chi connectivity index (χ0n) is 25.0. The monoisotopic (exact) mass is 536 g/mol. The summed E-state index contributed by atoms with van der Waals surface area (Å²) in [5.74, 6) is 3.94. The standard InChI is InChI=1S/C34H64O4/c35-25-5-1-3-7-27-37-33-21-17-31(18-22-33)15-13-29-9-11-30(12-10-29)14-16-32-19-23-34(24-20-32)38-28-8-4-2-6-26-36/h29-36H,1-28H2. The first-order chi connectivity index (χ1) is 18.8. The maximum atomic E-state index is 8.86. The first-order valence-electron chi connectivity index (χ1n) is 17.2. The number of rotatable bonds is 20. The Bertz CT molecular complexity index is 483. The molecule has 38 heavy (non-hydrogen) atoms. The second-order valence-corrected chi connectivity index (χ2v) is 13.3. The Labute approximate surface area is 236 Å². The molecule has 0 aromatic heterocycles. The average molecular weight is 537 g/mol. The highest BCUT2D eigenvalue weighted by Crippen LogP contribution is 2.39. The zero-order valence-corrected chi connectivity index (χ0v) is 25.0. The third-order valence-corrected chi connectivity index (χ3v) is 10.3. The lowest BCUT2D eigenvalue weighted by atomic mass is 9.74. The van der Waals surface area contributed by atoms with E-state index in [1.807, 2.05) is 0 Å². The van der Waals surface area contributed by atoms with E-state index in [2.05, 4.69) is 0 Å². The van der Waals surface area contributed by atoms with Gasteiger partial charge in [-0.15, -0.1) is 0 Å². The molecule has 0 aliphatic heterocycles. The molecular weight excluding hydrogens is 472 g/mol. The summed E-state index contributed by atoms with van der Waals surface area (Å²) in [6.07, 6.45) is 32.5. The first kappa shape index (κ1) is 32.4. The van der Waals surface area contributed by atoms with Crippen LogP contribution in [0.3, 0.4) is 0 Å². The van der Waals surface area contributed by atoms with Crippen LogP contribution in [0.5, 0.6) is 0 Å². The largest absolute Gasteiger partial charge is 0.396 e. The van der Waals surface area contributed by atoms with Gasteiger partial charge in [0.1, 0.15) is 0 Å². The molecule has 4 heteroatoms. The summed E-state index contributed by atoms with van der Waals surface area (Å²) < 4.78 is 12.3. The molecule has 0 spiro atoms. The van der Waals surface area contributed by atoms with E-state index in [4.69, 9.17) is 19.7 Å². The Morgan fingerprint density at radius 3 is 0.974 bits per heavy atom. The fourth-order valence-electron chi connectivity index (χ4n) is 7.56. The normalized spacial score (nSPS) is 30.5. The maximum absolute atomic E-state index is 8.86. The third kappa shape index (κ3) is 14.0. The molecule has 0 unspecified atom stereocenters. The van der Waals surface area contributed by atoms with Crippen LogP contribution in [0.2, 0.25) is 0 Å². The molecule has 3 fully saturated rings. The molecule has 3 aliphatic carbocycles. The van der Waals surface area contributed by atoms with Crippen LogP contribution in [0, 0.1) is 23.7 Å². The fraction of sp³-hybridized carbons (Fsp3) is 1.00. The minimum absolute atomic E-state index is 0.332. The Kier molecular flexibility index (Phi) is 17.6. The molecular formula is C34H64O4. The Balaban J connectivity index is 1.13. The van der Waals surface area contributed by atoms with Crippen molar-refractivity contribution in [2.75, 3.05) is 26.4 Å². The highest BCUT2D eigenvalue weighted by Gasteiger charge is 2.27. The van der Waals surface area contributed by atoms with Gasteiger partial charge in [0.2, 0.25) is 0 Å². The molecule has 0 atom stereocenters. The van der Waals surface area contributed by atoms with Crippen molar-refractivity contribution in [2.45, 2.75) is 166 Å². The van der Waals surface area contributed by atoms with E-state index in [1.165, 1.54) is 116 Å². The SMILES string of the molecule is OCCCCCCOC1CCC(CCC2CCC(CCC3CCC(OCCCCCCO)CC3)CC2)CC1. The summed E-state index contributed by atoms with van der Waals surface area (Å²) >= 11 is 0. The van der Waals surface area contributed by atoms with Crippen LogP contribution < -0.4 is 0 Å². The summed E-state index contributed by atoms with van der Waals surface area (Å²) in [5.41, 5.74) is 0. The van der Waals surface area contributed by atoms with E-state index >= 15 is 0 Å². The van der Waals surface area contributed by atoms with Gasteiger partial charge >= 0.3 is 0 Å². The van der Waals surface area contributed by atoms with Gasteiger partial charge in [0.15, 0.2) is 0 Å². The van der Waals surface area contributed by atoms with E-state index in [1.54, 1.807) is 0 Å². The van der Waals surface area contributed by atoms with Crippen molar-refractivity contribution in [3.05, 3.63) is 0 Å². The summed E-state index contributed by atoms with van der Waals surface area (Å²) in [5, 5.41) is 17.7. The lowest BCUT2D eigenvalue weighted by molar-refractivity contribution is 0.0137. The Morgan fingerprint density at radius 1 is 0.368 bits per heavy atom. The van der Waals surface area contributed by atoms with Crippen LogP contribution in [-0.2, 0) is 9.47 Å². The van der Waals surface area contributed by atoms with Gasteiger partial charge in [0, 0.05) is 26.4 Å². The van der Waals surface area contributed by atoms with Gasteiger partial charge < -0.3 is 19.7 Å². The van der Waals surface area contributed by atoms with Gasteiger partial charge in [-0.1, -0.05) is 77.0 Å². The summed E-state index contributed by atoms with van der Waals surface area (Å²) in [6, 6.07) is 0. The molecule has 4 nitrogen and oxygen atoms in total. The van der Waals surface area contributed by atoms with E-state index < -0.39 is 0 Å². The van der Waals surface area contributed by atoms with Crippen molar-refractivity contribution in [2.24, 2.45) is 23.7 Å². The van der Waals surface area contributed by atoms with Crippen LogP contribution in [0.1, 0.15) is 154 Å². The third-order valence-electron chi connectivity index (χ3n) is 10.3. The van der Waals surface area contributed by atoms with Gasteiger partial charge in [-0.3, -0.25) is 0 Å². The molecule has 224 valence electrons. The molecule has 3 rings (SSSR count). The Morgan fingerprint density at radius 2 is 0.658 bits per heavy atom. The number of aliphatic hydroxyl groups excluding tert-OH is 2. The topological polar surface area (TPSA) is 58.9 Å². The van der Waals surface area contributed by atoms with Crippen LogP contribution in [-0.4, -0.2) is 48.8 Å². The summed E-state index contributed by atoms with van der Waals surface area (Å²) in [4.78, 5) is 0. The highest BCUT2D eigenvalue weighted by molar-refractivity contribution is 4.79. The number of aliphatic hydroxyl groups is 2. The molecule has 0 amide bonds. The minimum Gasteiger partial charge on any atom is -0.396 e. The van der Waals surface area contributed by atoms with Crippen molar-refractivity contribution in [3.8, 4) is 0 Å². The van der Waals surface area contributed by atoms with Crippen molar-refractivity contribution in [1.82, 2.24) is 0 Å². The van der Waals surface area contributed by atoms with Crippen molar-refractivity contribution < 1.29 is 19.7 Å². The van der Waals surface area contributed by atoms with Gasteiger partial charge in [0.05, 0.1) is 12.2 Å². The second kappa shape index (κ2) is 20.7. The molecule has 2 N–H and O–H groups in total. The van der Waals surface area contributed by atoms with Gasteiger partial charge in [-0.2, -0.15) is 0 Å². The van der Waals surface area contributed by atoms with Crippen molar-refractivity contribution in [3.63, 3.8) is 0 Å². The fourth-order valence-corrected chi connectivity index (χ4v) is 7.56. The van der Waals surface area contributed by atoms with Gasteiger partial charge in [0.25, 0.3) is 0 Å². The van der Waals surface area contributed by atoms with Crippen molar-refractivity contribution >= 4 is 0 Å². The van der Waals surface area contributed by atoms with Crippen LogP contribution >= 0.6 is 0 Å². The smallest absolute Gasteiger partial charge is 0.0575 e. The molecule has 0 aromatic rings. The van der Waals surface area contributed by atoms with Gasteiger partial charge in [-0.25, -0.2) is 0 Å². The predicted molar refractivity (Wildman–Crippen MR) is 158 cm³/mol.